The van der Waals surface area contributed by atoms with E-state index in [1.807, 2.05) is 0 Å². The molecule has 0 fully saturated rings. The first-order chi connectivity index (χ1) is 10.8. The summed E-state index contributed by atoms with van der Waals surface area (Å²) in [6, 6.07) is 0. The Bertz CT molecular complexity index is 190. The summed E-state index contributed by atoms with van der Waals surface area (Å²) in [5.74, 6) is 0.579. The predicted molar refractivity (Wildman–Crippen MR) is 100 cm³/mol. The van der Waals surface area contributed by atoms with Crippen molar-refractivity contribution in [3.63, 3.8) is 0 Å². The molecule has 0 bridgehead atoms. The predicted octanol–water partition coefficient (Wildman–Crippen LogP) is 7.27. The molecule has 0 rings (SSSR count). The van der Waals surface area contributed by atoms with Gasteiger partial charge in [-0.15, -0.1) is 0 Å². The Labute approximate surface area is 141 Å². The molecule has 0 aromatic rings. The van der Waals surface area contributed by atoms with Crippen LogP contribution in [0, 0.1) is 5.92 Å². The molecule has 0 saturated carbocycles. The molecule has 22 heavy (non-hydrogen) atoms. The van der Waals surface area contributed by atoms with Crippen LogP contribution in [0.25, 0.3) is 0 Å². The maximum atomic E-state index is 9.47. The molecule has 1 unspecified atom stereocenters. The number of aliphatic hydroxyl groups is 1. The van der Waals surface area contributed by atoms with Crippen LogP contribution in [0.15, 0.2) is 0 Å². The van der Waals surface area contributed by atoms with E-state index in [2.05, 4.69) is 13.8 Å². The Hall–Kier alpha value is -0.0400. The fraction of sp³-hybridized carbons (Fsp3) is 1.00. The fourth-order valence-electron chi connectivity index (χ4n) is 3.28. The summed E-state index contributed by atoms with van der Waals surface area (Å²) < 4.78 is 0. The molecule has 0 aliphatic rings. The summed E-state index contributed by atoms with van der Waals surface area (Å²) in [5.41, 5.74) is 0. The van der Waals surface area contributed by atoms with E-state index in [-0.39, 0.29) is 0 Å². The minimum atomic E-state index is 0.408. The third kappa shape index (κ3) is 16.3. The van der Waals surface area contributed by atoms with Crippen molar-refractivity contribution in [2.24, 2.45) is 5.92 Å². The van der Waals surface area contributed by atoms with Gasteiger partial charge in [-0.1, -0.05) is 110 Å². The highest BCUT2D eigenvalue weighted by molar-refractivity contribution is 4.59. The second kappa shape index (κ2) is 19.0. The van der Waals surface area contributed by atoms with Crippen LogP contribution >= 0.6 is 0 Å². The van der Waals surface area contributed by atoms with Crippen molar-refractivity contribution in [3.05, 3.63) is 0 Å². The van der Waals surface area contributed by atoms with Gasteiger partial charge in [0.2, 0.25) is 0 Å². The van der Waals surface area contributed by atoms with Gasteiger partial charge in [0.25, 0.3) is 0 Å². The topological polar surface area (TPSA) is 20.2 Å². The van der Waals surface area contributed by atoms with Crippen LogP contribution in [0.2, 0.25) is 0 Å². The molecule has 0 aliphatic heterocycles. The summed E-state index contributed by atoms with van der Waals surface area (Å²) in [6.45, 7) is 4.96. The second-order valence-electron chi connectivity index (χ2n) is 7.22. The molecule has 0 aromatic carbocycles. The molecule has 0 amide bonds. The van der Waals surface area contributed by atoms with Crippen molar-refractivity contribution in [2.75, 3.05) is 6.61 Å². The molecule has 1 N–H and O–H groups in total. The van der Waals surface area contributed by atoms with E-state index >= 15 is 0 Å². The van der Waals surface area contributed by atoms with Gasteiger partial charge in [-0.05, 0) is 18.8 Å². The van der Waals surface area contributed by atoms with Crippen LogP contribution in [0.5, 0.6) is 0 Å². The van der Waals surface area contributed by atoms with Crippen LogP contribution in [-0.4, -0.2) is 11.7 Å². The van der Waals surface area contributed by atoms with E-state index in [1.165, 1.54) is 109 Å². The minimum absolute atomic E-state index is 0.408. The van der Waals surface area contributed by atoms with Gasteiger partial charge in [-0.2, -0.15) is 0 Å². The van der Waals surface area contributed by atoms with E-state index < -0.39 is 0 Å². The molecule has 0 saturated heterocycles. The quantitative estimate of drug-likeness (QED) is 0.264. The molecular formula is C21H44O. The lowest BCUT2D eigenvalue weighted by Gasteiger charge is -2.13. The molecule has 0 radical (unpaired) electrons. The maximum Gasteiger partial charge on any atom is 0.0459 e. The maximum absolute atomic E-state index is 9.47. The van der Waals surface area contributed by atoms with Crippen LogP contribution in [0.1, 0.15) is 123 Å². The first-order valence-electron chi connectivity index (χ1n) is 10.5. The first-order valence-corrected chi connectivity index (χ1v) is 10.5. The molecule has 0 aliphatic carbocycles. The standard InChI is InChI=1S/C21H44O/c1-3-5-7-9-10-11-12-13-15-17-19-21(20-22)18-16-14-8-6-4-2/h21-22H,3-20H2,1-2H3. The second-order valence-corrected chi connectivity index (χ2v) is 7.22. The zero-order valence-corrected chi connectivity index (χ0v) is 15.8. The van der Waals surface area contributed by atoms with Gasteiger partial charge < -0.3 is 5.11 Å². The Morgan fingerprint density at radius 1 is 0.500 bits per heavy atom. The van der Waals surface area contributed by atoms with Gasteiger partial charge in [0.05, 0.1) is 0 Å². The zero-order chi connectivity index (χ0) is 16.3. The van der Waals surface area contributed by atoms with E-state index in [9.17, 15) is 5.11 Å². The van der Waals surface area contributed by atoms with E-state index in [0.29, 0.717) is 12.5 Å². The lowest BCUT2D eigenvalue weighted by molar-refractivity contribution is 0.204. The number of unbranched alkanes of at least 4 members (excludes halogenated alkanes) is 13. The van der Waals surface area contributed by atoms with Crippen molar-refractivity contribution in [1.82, 2.24) is 0 Å². The molecule has 1 nitrogen and oxygen atoms in total. The summed E-state index contributed by atoms with van der Waals surface area (Å²) >= 11 is 0. The average Bonchev–Trinajstić information content (AvgIpc) is 2.54. The van der Waals surface area contributed by atoms with Crippen LogP contribution in [-0.2, 0) is 0 Å². The summed E-state index contributed by atoms with van der Waals surface area (Å²) in [4.78, 5) is 0. The third-order valence-corrected chi connectivity index (χ3v) is 4.94. The SMILES string of the molecule is CCCCCCCCCCCCC(CO)CCCCCCC. The zero-order valence-electron chi connectivity index (χ0n) is 15.8. The number of rotatable bonds is 18. The molecule has 0 aromatic heterocycles. The van der Waals surface area contributed by atoms with Gasteiger partial charge in [0, 0.05) is 6.61 Å². The highest BCUT2D eigenvalue weighted by Crippen LogP contribution is 2.18. The van der Waals surface area contributed by atoms with E-state index in [0.717, 1.165) is 0 Å². The Balaban J connectivity index is 3.25. The minimum Gasteiger partial charge on any atom is -0.396 e. The molecule has 134 valence electrons. The number of aliphatic hydroxyl groups excluding tert-OH is 1. The van der Waals surface area contributed by atoms with Crippen molar-refractivity contribution in [3.8, 4) is 0 Å². The monoisotopic (exact) mass is 312 g/mol. The molecule has 1 atom stereocenters. The van der Waals surface area contributed by atoms with Crippen LogP contribution in [0.3, 0.4) is 0 Å². The normalized spacial score (nSPS) is 12.7. The number of hydrogen-bond donors (Lipinski definition) is 1. The lowest BCUT2D eigenvalue weighted by atomic mass is 9.95. The average molecular weight is 313 g/mol. The molecule has 1 heteroatoms. The van der Waals surface area contributed by atoms with Gasteiger partial charge in [-0.3, -0.25) is 0 Å². The number of hydrogen-bond acceptors (Lipinski definition) is 1. The van der Waals surface area contributed by atoms with Gasteiger partial charge in [0.15, 0.2) is 0 Å². The van der Waals surface area contributed by atoms with Crippen LogP contribution < -0.4 is 0 Å². The Kier molecular flexibility index (Phi) is 19.0. The van der Waals surface area contributed by atoms with Crippen LogP contribution in [0.4, 0.5) is 0 Å². The summed E-state index contributed by atoms with van der Waals surface area (Å²) in [5, 5.41) is 9.47. The van der Waals surface area contributed by atoms with Crippen molar-refractivity contribution in [2.45, 2.75) is 123 Å². The Morgan fingerprint density at radius 3 is 1.14 bits per heavy atom. The Morgan fingerprint density at radius 2 is 0.818 bits per heavy atom. The first kappa shape index (κ1) is 22.0. The van der Waals surface area contributed by atoms with Gasteiger partial charge >= 0.3 is 0 Å². The molecule has 0 heterocycles. The van der Waals surface area contributed by atoms with Gasteiger partial charge in [0.1, 0.15) is 0 Å². The van der Waals surface area contributed by atoms with Crippen molar-refractivity contribution >= 4 is 0 Å². The van der Waals surface area contributed by atoms with E-state index in [4.69, 9.17) is 0 Å². The highest BCUT2D eigenvalue weighted by Gasteiger charge is 2.06. The smallest absolute Gasteiger partial charge is 0.0459 e. The summed E-state index contributed by atoms with van der Waals surface area (Å²) in [6.07, 6.45) is 23.3. The molecule has 0 spiro atoms. The molecular weight excluding hydrogens is 268 g/mol. The van der Waals surface area contributed by atoms with Gasteiger partial charge in [-0.25, -0.2) is 0 Å². The lowest BCUT2D eigenvalue weighted by Crippen LogP contribution is -2.06. The fourth-order valence-corrected chi connectivity index (χ4v) is 3.28. The van der Waals surface area contributed by atoms with Crippen molar-refractivity contribution in [1.29, 1.82) is 0 Å². The highest BCUT2D eigenvalue weighted by atomic mass is 16.3. The third-order valence-electron chi connectivity index (χ3n) is 4.94. The van der Waals surface area contributed by atoms with E-state index in [1.54, 1.807) is 0 Å². The van der Waals surface area contributed by atoms with Crippen molar-refractivity contribution < 1.29 is 5.11 Å². The largest absolute Gasteiger partial charge is 0.396 e. The summed E-state index contributed by atoms with van der Waals surface area (Å²) in [7, 11) is 0.